The maximum absolute atomic E-state index is 13.4. The highest BCUT2D eigenvalue weighted by Crippen LogP contribution is 2.27. The summed E-state index contributed by atoms with van der Waals surface area (Å²) in [6.07, 6.45) is 2.31. The van der Waals surface area contributed by atoms with Crippen LogP contribution < -0.4 is 9.80 Å². The topological polar surface area (TPSA) is 30.0 Å². The first kappa shape index (κ1) is 18.1. The lowest BCUT2D eigenvalue weighted by Crippen LogP contribution is -2.53. The monoisotopic (exact) mass is 369 g/mol. The van der Waals surface area contributed by atoms with Gasteiger partial charge in [-0.2, -0.15) is 0 Å². The summed E-state index contributed by atoms with van der Waals surface area (Å²) >= 11 is 0. The molecule has 27 heavy (non-hydrogen) atoms. The minimum atomic E-state index is -0.157. The third-order valence-electron chi connectivity index (χ3n) is 5.99. The van der Waals surface area contributed by atoms with Gasteiger partial charge in [-0.1, -0.05) is 6.07 Å². The molecule has 144 valence electrons. The summed E-state index contributed by atoms with van der Waals surface area (Å²) in [5.74, 6) is 0.175. The van der Waals surface area contributed by atoms with Crippen LogP contribution in [0.25, 0.3) is 0 Å². The van der Waals surface area contributed by atoms with Crippen LogP contribution in [-0.2, 0) is 0 Å². The Morgan fingerprint density at radius 2 is 1.63 bits per heavy atom. The molecule has 2 heterocycles. The molecule has 0 spiro atoms. The van der Waals surface area contributed by atoms with Crippen molar-refractivity contribution in [3.8, 4) is 5.75 Å². The minimum absolute atomic E-state index is 0.157. The summed E-state index contributed by atoms with van der Waals surface area (Å²) in [5, 5.41) is 9.69. The maximum Gasteiger partial charge on any atom is 0.123 e. The van der Waals surface area contributed by atoms with Crippen molar-refractivity contribution in [2.24, 2.45) is 0 Å². The fourth-order valence-electron chi connectivity index (χ4n) is 4.48. The Bertz CT molecular complexity index is 781. The number of phenols is 1. The number of aromatic hydroxyl groups is 1. The van der Waals surface area contributed by atoms with E-state index in [0.717, 1.165) is 63.4 Å². The highest BCUT2D eigenvalue weighted by molar-refractivity contribution is 5.53. The Hall–Kier alpha value is -2.27. The van der Waals surface area contributed by atoms with E-state index >= 15 is 0 Å². The predicted octanol–water partition coefficient (Wildman–Crippen LogP) is 3.63. The van der Waals surface area contributed by atoms with Gasteiger partial charge in [-0.05, 0) is 55.7 Å². The first-order chi connectivity index (χ1) is 13.1. The van der Waals surface area contributed by atoms with E-state index in [9.17, 15) is 9.50 Å². The quantitative estimate of drug-likeness (QED) is 0.895. The number of aryl methyl sites for hydroxylation is 1. The summed E-state index contributed by atoms with van der Waals surface area (Å²) in [7, 11) is 0. The summed E-state index contributed by atoms with van der Waals surface area (Å²) in [6.45, 7) is 8.19. The van der Waals surface area contributed by atoms with Gasteiger partial charge >= 0.3 is 0 Å². The van der Waals surface area contributed by atoms with Gasteiger partial charge in [0.2, 0.25) is 0 Å². The molecule has 0 aliphatic carbocycles. The van der Waals surface area contributed by atoms with Crippen molar-refractivity contribution < 1.29 is 9.50 Å². The molecule has 2 saturated heterocycles. The van der Waals surface area contributed by atoms with Gasteiger partial charge in [0, 0.05) is 62.8 Å². The molecular weight excluding hydrogens is 341 g/mol. The lowest BCUT2D eigenvalue weighted by Gasteiger charge is -2.44. The van der Waals surface area contributed by atoms with E-state index in [-0.39, 0.29) is 5.82 Å². The molecule has 0 amide bonds. The number of nitrogens with zero attached hydrogens (tertiary/aromatic N) is 3. The van der Waals surface area contributed by atoms with E-state index in [1.165, 1.54) is 5.69 Å². The number of piperidine rings is 1. The Labute approximate surface area is 160 Å². The van der Waals surface area contributed by atoms with Crippen molar-refractivity contribution >= 4 is 11.4 Å². The molecule has 0 saturated carbocycles. The molecule has 2 aliphatic rings. The van der Waals surface area contributed by atoms with E-state index in [2.05, 4.69) is 20.8 Å². The molecule has 0 atom stereocenters. The molecule has 4 nitrogen and oxygen atoms in total. The van der Waals surface area contributed by atoms with Crippen LogP contribution in [0.5, 0.6) is 5.75 Å². The minimum Gasteiger partial charge on any atom is -0.508 e. The normalized spacial score (nSPS) is 19.5. The highest BCUT2D eigenvalue weighted by Gasteiger charge is 2.28. The summed E-state index contributed by atoms with van der Waals surface area (Å²) in [6, 6.07) is 13.3. The molecule has 4 rings (SSSR count). The lowest BCUT2D eigenvalue weighted by molar-refractivity contribution is 0.160. The Kier molecular flexibility index (Phi) is 5.21. The third-order valence-corrected chi connectivity index (χ3v) is 5.99. The molecule has 0 aromatic heterocycles. The smallest absolute Gasteiger partial charge is 0.123 e. The third kappa shape index (κ3) is 4.03. The van der Waals surface area contributed by atoms with E-state index < -0.39 is 0 Å². The number of benzene rings is 2. The van der Waals surface area contributed by atoms with Gasteiger partial charge in [0.15, 0.2) is 0 Å². The molecule has 2 aromatic carbocycles. The molecule has 0 unspecified atom stereocenters. The number of halogens is 1. The van der Waals surface area contributed by atoms with E-state index in [1.807, 2.05) is 25.1 Å². The highest BCUT2D eigenvalue weighted by atomic mass is 19.1. The maximum atomic E-state index is 13.4. The van der Waals surface area contributed by atoms with Crippen LogP contribution in [0.2, 0.25) is 0 Å². The fraction of sp³-hybridized carbons (Fsp3) is 0.455. The summed E-state index contributed by atoms with van der Waals surface area (Å²) in [4.78, 5) is 7.37. The van der Waals surface area contributed by atoms with E-state index in [0.29, 0.717) is 11.8 Å². The number of rotatable bonds is 3. The SMILES string of the molecule is Cc1cc(F)ccc1N1CCC(N2CCN(c3cccc(O)c3)CC2)CC1. The first-order valence-corrected chi connectivity index (χ1v) is 9.89. The van der Waals surface area contributed by atoms with Crippen molar-refractivity contribution in [2.75, 3.05) is 49.1 Å². The Morgan fingerprint density at radius 3 is 2.30 bits per heavy atom. The van der Waals surface area contributed by atoms with Gasteiger partial charge in [-0.3, -0.25) is 4.90 Å². The number of hydrogen-bond donors (Lipinski definition) is 1. The Morgan fingerprint density at radius 1 is 0.889 bits per heavy atom. The second-order valence-electron chi connectivity index (χ2n) is 7.69. The van der Waals surface area contributed by atoms with E-state index in [4.69, 9.17) is 0 Å². The zero-order valence-corrected chi connectivity index (χ0v) is 15.9. The fourth-order valence-corrected chi connectivity index (χ4v) is 4.48. The predicted molar refractivity (Wildman–Crippen MR) is 108 cm³/mol. The number of piperazine rings is 1. The Balaban J connectivity index is 1.30. The van der Waals surface area contributed by atoms with Gasteiger partial charge in [0.25, 0.3) is 0 Å². The molecule has 2 aliphatic heterocycles. The number of phenolic OH excluding ortho intramolecular Hbond substituents is 1. The molecule has 2 aromatic rings. The van der Waals surface area contributed by atoms with Crippen molar-refractivity contribution in [2.45, 2.75) is 25.8 Å². The zero-order chi connectivity index (χ0) is 18.8. The molecule has 0 radical (unpaired) electrons. The lowest BCUT2D eigenvalue weighted by atomic mass is 10.0. The van der Waals surface area contributed by atoms with Gasteiger partial charge in [0.05, 0.1) is 0 Å². The van der Waals surface area contributed by atoms with E-state index in [1.54, 1.807) is 18.2 Å². The summed E-state index contributed by atoms with van der Waals surface area (Å²) in [5.41, 5.74) is 3.30. The molecule has 2 fully saturated rings. The van der Waals surface area contributed by atoms with Gasteiger partial charge in [-0.15, -0.1) is 0 Å². The first-order valence-electron chi connectivity index (χ1n) is 9.89. The van der Waals surface area contributed by atoms with Crippen LogP contribution >= 0.6 is 0 Å². The van der Waals surface area contributed by atoms with Crippen LogP contribution in [0.3, 0.4) is 0 Å². The van der Waals surface area contributed by atoms with Crippen LogP contribution in [0, 0.1) is 12.7 Å². The standard InChI is InChI=1S/C22H28FN3O/c1-17-15-18(23)5-6-22(17)26-9-7-19(8-10-26)24-11-13-25(14-12-24)20-3-2-4-21(27)16-20/h2-6,15-16,19,27H,7-14H2,1H3. The number of hydrogen-bond acceptors (Lipinski definition) is 4. The van der Waals surface area contributed by atoms with Crippen LogP contribution in [0.4, 0.5) is 15.8 Å². The van der Waals surface area contributed by atoms with Crippen molar-refractivity contribution in [3.63, 3.8) is 0 Å². The second kappa shape index (κ2) is 7.77. The van der Waals surface area contributed by atoms with Crippen LogP contribution in [0.1, 0.15) is 18.4 Å². The van der Waals surface area contributed by atoms with Crippen molar-refractivity contribution in [1.29, 1.82) is 0 Å². The summed E-state index contributed by atoms with van der Waals surface area (Å²) < 4.78 is 13.4. The van der Waals surface area contributed by atoms with Gasteiger partial charge in [0.1, 0.15) is 11.6 Å². The zero-order valence-electron chi connectivity index (χ0n) is 15.9. The van der Waals surface area contributed by atoms with Crippen LogP contribution in [-0.4, -0.2) is 55.3 Å². The van der Waals surface area contributed by atoms with Crippen molar-refractivity contribution in [3.05, 3.63) is 53.8 Å². The van der Waals surface area contributed by atoms with Gasteiger partial charge < -0.3 is 14.9 Å². The van der Waals surface area contributed by atoms with Crippen LogP contribution in [0.15, 0.2) is 42.5 Å². The molecule has 1 N–H and O–H groups in total. The number of anilines is 2. The van der Waals surface area contributed by atoms with Crippen molar-refractivity contribution in [1.82, 2.24) is 4.90 Å². The average molecular weight is 369 g/mol. The molecule has 0 bridgehead atoms. The second-order valence-corrected chi connectivity index (χ2v) is 7.69. The molecule has 5 heteroatoms. The van der Waals surface area contributed by atoms with Gasteiger partial charge in [-0.25, -0.2) is 4.39 Å². The average Bonchev–Trinajstić information content (AvgIpc) is 2.68. The molecular formula is C22H28FN3O. The largest absolute Gasteiger partial charge is 0.508 e.